The first-order valence-corrected chi connectivity index (χ1v) is 4.69. The second-order valence-corrected chi connectivity index (χ2v) is 3.48. The van der Waals surface area contributed by atoms with E-state index in [-0.39, 0.29) is 0 Å². The second kappa shape index (κ2) is 3.70. The SMILES string of the molecule is COc1ccc2c(c1)C/C(=N/O)CC2. The van der Waals surface area contributed by atoms with Crippen LogP contribution in [0.4, 0.5) is 0 Å². The summed E-state index contributed by atoms with van der Waals surface area (Å²) in [5.74, 6) is 0.864. The Morgan fingerprint density at radius 2 is 2.14 bits per heavy atom. The second-order valence-electron chi connectivity index (χ2n) is 3.48. The van der Waals surface area contributed by atoms with Gasteiger partial charge in [0.15, 0.2) is 0 Å². The Kier molecular flexibility index (Phi) is 2.39. The summed E-state index contributed by atoms with van der Waals surface area (Å²) in [6.45, 7) is 0. The van der Waals surface area contributed by atoms with Crippen molar-refractivity contribution in [2.24, 2.45) is 5.16 Å². The predicted octanol–water partition coefficient (Wildman–Crippen LogP) is 2.01. The number of aryl methyl sites for hydroxylation is 1. The number of hydrogen-bond donors (Lipinski definition) is 1. The van der Waals surface area contributed by atoms with Crippen LogP contribution in [0.5, 0.6) is 5.75 Å². The fraction of sp³-hybridized carbons (Fsp3) is 0.364. The van der Waals surface area contributed by atoms with Gasteiger partial charge in [0.1, 0.15) is 5.75 Å². The molecule has 1 aromatic rings. The highest BCUT2D eigenvalue weighted by Gasteiger charge is 2.14. The molecule has 0 fully saturated rings. The molecule has 0 heterocycles. The summed E-state index contributed by atoms with van der Waals surface area (Å²) in [7, 11) is 1.66. The third kappa shape index (κ3) is 1.58. The Morgan fingerprint density at radius 3 is 2.86 bits per heavy atom. The first-order valence-electron chi connectivity index (χ1n) is 4.69. The topological polar surface area (TPSA) is 41.8 Å². The third-order valence-corrected chi connectivity index (χ3v) is 2.63. The van der Waals surface area contributed by atoms with Crippen molar-refractivity contribution in [2.75, 3.05) is 7.11 Å². The molecular weight excluding hydrogens is 178 g/mol. The molecule has 0 unspecified atom stereocenters. The number of oxime groups is 1. The monoisotopic (exact) mass is 191 g/mol. The Bertz CT molecular complexity index is 372. The smallest absolute Gasteiger partial charge is 0.119 e. The highest BCUT2D eigenvalue weighted by atomic mass is 16.5. The summed E-state index contributed by atoms with van der Waals surface area (Å²) >= 11 is 0. The fourth-order valence-corrected chi connectivity index (χ4v) is 1.81. The van der Waals surface area contributed by atoms with Crippen LogP contribution in [0.3, 0.4) is 0 Å². The number of rotatable bonds is 1. The minimum Gasteiger partial charge on any atom is -0.497 e. The number of fused-ring (bicyclic) bond motifs is 1. The van der Waals surface area contributed by atoms with Crippen molar-refractivity contribution in [2.45, 2.75) is 19.3 Å². The average molecular weight is 191 g/mol. The van der Waals surface area contributed by atoms with E-state index >= 15 is 0 Å². The van der Waals surface area contributed by atoms with Gasteiger partial charge in [0, 0.05) is 6.42 Å². The Hall–Kier alpha value is -1.51. The van der Waals surface area contributed by atoms with Crippen molar-refractivity contribution in [3.63, 3.8) is 0 Å². The van der Waals surface area contributed by atoms with Gasteiger partial charge < -0.3 is 9.94 Å². The maximum absolute atomic E-state index is 8.70. The minimum absolute atomic E-state index is 0.739. The Labute approximate surface area is 83.0 Å². The summed E-state index contributed by atoms with van der Waals surface area (Å²) in [6.07, 6.45) is 2.55. The Morgan fingerprint density at radius 1 is 1.29 bits per heavy atom. The highest BCUT2D eigenvalue weighted by molar-refractivity contribution is 5.88. The van der Waals surface area contributed by atoms with Gasteiger partial charge in [-0.1, -0.05) is 11.2 Å². The van der Waals surface area contributed by atoms with E-state index < -0.39 is 0 Å². The number of hydrogen-bond acceptors (Lipinski definition) is 3. The number of nitrogens with zero attached hydrogens (tertiary/aromatic N) is 1. The lowest BCUT2D eigenvalue weighted by molar-refractivity contribution is 0.316. The van der Waals surface area contributed by atoms with E-state index in [9.17, 15) is 0 Å². The number of ether oxygens (including phenoxy) is 1. The molecule has 1 aliphatic carbocycles. The van der Waals surface area contributed by atoms with Gasteiger partial charge in [0.05, 0.1) is 12.8 Å². The van der Waals surface area contributed by atoms with Gasteiger partial charge in [0.2, 0.25) is 0 Å². The first kappa shape index (κ1) is 9.06. The van der Waals surface area contributed by atoms with Crippen LogP contribution < -0.4 is 4.74 Å². The van der Waals surface area contributed by atoms with Crippen molar-refractivity contribution >= 4 is 5.71 Å². The van der Waals surface area contributed by atoms with Crippen LogP contribution in [0.2, 0.25) is 0 Å². The largest absolute Gasteiger partial charge is 0.497 e. The summed E-state index contributed by atoms with van der Waals surface area (Å²) < 4.78 is 5.15. The lowest BCUT2D eigenvalue weighted by atomic mass is 9.90. The van der Waals surface area contributed by atoms with Crippen LogP contribution in [0.25, 0.3) is 0 Å². The molecule has 74 valence electrons. The minimum atomic E-state index is 0.739. The van der Waals surface area contributed by atoms with Gasteiger partial charge in [0.25, 0.3) is 0 Å². The van der Waals surface area contributed by atoms with E-state index in [1.807, 2.05) is 12.1 Å². The van der Waals surface area contributed by atoms with E-state index in [0.29, 0.717) is 0 Å². The van der Waals surface area contributed by atoms with Crippen LogP contribution in [0.1, 0.15) is 17.5 Å². The summed E-state index contributed by atoms with van der Waals surface area (Å²) in [4.78, 5) is 0. The molecule has 0 saturated heterocycles. The molecule has 0 amide bonds. The van der Waals surface area contributed by atoms with Crippen molar-refractivity contribution in [3.8, 4) is 5.75 Å². The van der Waals surface area contributed by atoms with Gasteiger partial charge in [-0.2, -0.15) is 0 Å². The van der Waals surface area contributed by atoms with Crippen LogP contribution in [0, 0.1) is 0 Å². The summed E-state index contributed by atoms with van der Waals surface area (Å²) in [5, 5.41) is 12.0. The molecule has 1 N–H and O–H groups in total. The lowest BCUT2D eigenvalue weighted by Gasteiger charge is -2.17. The maximum atomic E-state index is 8.70. The molecule has 0 aromatic heterocycles. The van der Waals surface area contributed by atoms with Crippen molar-refractivity contribution in [1.29, 1.82) is 0 Å². The normalized spacial score (nSPS) is 17.9. The van der Waals surface area contributed by atoms with Crippen molar-refractivity contribution in [1.82, 2.24) is 0 Å². The quantitative estimate of drug-likeness (QED) is 0.545. The Balaban J connectivity index is 2.34. The predicted molar refractivity (Wildman–Crippen MR) is 54.2 cm³/mol. The van der Waals surface area contributed by atoms with Gasteiger partial charge in [-0.15, -0.1) is 0 Å². The lowest BCUT2D eigenvalue weighted by Crippen LogP contribution is -2.13. The number of benzene rings is 1. The van der Waals surface area contributed by atoms with Crippen LogP contribution >= 0.6 is 0 Å². The number of methoxy groups -OCH3 is 1. The molecule has 1 aliphatic rings. The van der Waals surface area contributed by atoms with E-state index in [2.05, 4.69) is 11.2 Å². The summed E-state index contributed by atoms with van der Waals surface area (Å²) in [5.41, 5.74) is 3.40. The maximum Gasteiger partial charge on any atom is 0.119 e. The van der Waals surface area contributed by atoms with Crippen molar-refractivity contribution in [3.05, 3.63) is 29.3 Å². The molecule has 0 saturated carbocycles. The van der Waals surface area contributed by atoms with Crippen LogP contribution in [0.15, 0.2) is 23.4 Å². The van der Waals surface area contributed by atoms with E-state index in [1.54, 1.807) is 7.11 Å². The average Bonchev–Trinajstić information content (AvgIpc) is 2.27. The fourth-order valence-electron chi connectivity index (χ4n) is 1.81. The van der Waals surface area contributed by atoms with Crippen LogP contribution in [-0.2, 0) is 12.8 Å². The van der Waals surface area contributed by atoms with E-state index in [0.717, 1.165) is 30.7 Å². The molecule has 1 aromatic carbocycles. The van der Waals surface area contributed by atoms with Crippen molar-refractivity contribution < 1.29 is 9.94 Å². The molecule has 0 aliphatic heterocycles. The van der Waals surface area contributed by atoms with E-state index in [1.165, 1.54) is 11.1 Å². The zero-order chi connectivity index (χ0) is 9.97. The zero-order valence-corrected chi connectivity index (χ0v) is 8.16. The van der Waals surface area contributed by atoms with Crippen LogP contribution in [-0.4, -0.2) is 18.0 Å². The molecule has 14 heavy (non-hydrogen) atoms. The van der Waals surface area contributed by atoms with Gasteiger partial charge in [-0.3, -0.25) is 0 Å². The molecule has 0 atom stereocenters. The van der Waals surface area contributed by atoms with Gasteiger partial charge in [-0.25, -0.2) is 0 Å². The molecule has 3 nitrogen and oxygen atoms in total. The standard InChI is InChI=1S/C11H13NO2/c1-14-11-5-3-8-2-4-10(12-13)6-9(8)7-11/h3,5,7,13H,2,4,6H2,1H3/b12-10+. The zero-order valence-electron chi connectivity index (χ0n) is 8.16. The molecule has 3 heteroatoms. The van der Waals surface area contributed by atoms with Gasteiger partial charge in [-0.05, 0) is 36.1 Å². The summed E-state index contributed by atoms with van der Waals surface area (Å²) in [6, 6.07) is 6.07. The molecule has 0 spiro atoms. The molecule has 2 rings (SSSR count). The highest BCUT2D eigenvalue weighted by Crippen LogP contribution is 2.24. The molecule has 0 radical (unpaired) electrons. The third-order valence-electron chi connectivity index (χ3n) is 2.63. The molecular formula is C11H13NO2. The van der Waals surface area contributed by atoms with E-state index in [4.69, 9.17) is 9.94 Å². The first-order chi connectivity index (χ1) is 6.83. The van der Waals surface area contributed by atoms with Gasteiger partial charge >= 0.3 is 0 Å². The molecule has 0 bridgehead atoms.